The third-order valence-electron chi connectivity index (χ3n) is 2.88. The lowest BCUT2D eigenvalue weighted by Crippen LogP contribution is -1.81. The minimum Gasteiger partial charge on any atom is -0.235 e. The average Bonchev–Trinajstić information content (AvgIpc) is 2.89. The first kappa shape index (κ1) is 13.7. The van der Waals surface area contributed by atoms with Crippen LogP contribution in [0.4, 0.5) is 4.39 Å². The Morgan fingerprint density at radius 2 is 2.00 bits per heavy atom. The second-order valence-corrected chi connectivity index (χ2v) is 5.82. The summed E-state index contributed by atoms with van der Waals surface area (Å²) in [7, 11) is 0. The largest absolute Gasteiger partial charge is 0.235 e. The van der Waals surface area contributed by atoms with Crippen LogP contribution in [0.25, 0.3) is 21.9 Å². The van der Waals surface area contributed by atoms with E-state index in [1.807, 2.05) is 6.07 Å². The molecule has 0 saturated carbocycles. The molecule has 3 aromatic rings. The second-order valence-electron chi connectivity index (χ2n) is 4.35. The van der Waals surface area contributed by atoms with Gasteiger partial charge in [0, 0.05) is 5.02 Å². The summed E-state index contributed by atoms with van der Waals surface area (Å²) in [6, 6.07) is 13.5. The van der Waals surface area contributed by atoms with E-state index < -0.39 is 0 Å². The molecule has 0 amide bonds. The molecule has 1 aromatic heterocycles. The van der Waals surface area contributed by atoms with Crippen molar-refractivity contribution in [3.8, 4) is 6.07 Å². The van der Waals surface area contributed by atoms with Gasteiger partial charge in [-0.25, -0.2) is 9.37 Å². The van der Waals surface area contributed by atoms with Crippen molar-refractivity contribution in [3.05, 3.63) is 63.9 Å². The van der Waals surface area contributed by atoms with Gasteiger partial charge in [-0.05, 0) is 42.0 Å². The SMILES string of the molecule is N#CC(=Cc1ccc(F)cc1)c1nc2cc(Cl)ccc2s1. The van der Waals surface area contributed by atoms with Crippen LogP contribution in [0.15, 0.2) is 42.5 Å². The Balaban J connectivity index is 2.05. The fourth-order valence-electron chi connectivity index (χ4n) is 1.88. The molecule has 21 heavy (non-hydrogen) atoms. The summed E-state index contributed by atoms with van der Waals surface area (Å²) in [6.07, 6.45) is 1.69. The third-order valence-corrected chi connectivity index (χ3v) is 4.19. The summed E-state index contributed by atoms with van der Waals surface area (Å²) in [5, 5.41) is 10.6. The number of nitrogens with zero attached hydrogens (tertiary/aromatic N) is 2. The van der Waals surface area contributed by atoms with Crippen LogP contribution in [0, 0.1) is 17.1 Å². The first-order valence-corrected chi connectivity index (χ1v) is 7.29. The maximum absolute atomic E-state index is 12.9. The lowest BCUT2D eigenvalue weighted by molar-refractivity contribution is 0.628. The highest BCUT2D eigenvalue weighted by Crippen LogP contribution is 2.29. The molecule has 0 saturated heterocycles. The topological polar surface area (TPSA) is 36.7 Å². The van der Waals surface area contributed by atoms with Gasteiger partial charge in [-0.3, -0.25) is 0 Å². The van der Waals surface area contributed by atoms with E-state index in [0.717, 1.165) is 15.8 Å². The molecule has 0 N–H and O–H groups in total. The number of allylic oxidation sites excluding steroid dienone is 1. The van der Waals surface area contributed by atoms with Crippen LogP contribution < -0.4 is 0 Å². The molecule has 0 aliphatic carbocycles. The molecule has 0 unspecified atom stereocenters. The molecule has 0 aliphatic rings. The Kier molecular flexibility index (Phi) is 3.70. The Hall–Kier alpha value is -2.22. The summed E-state index contributed by atoms with van der Waals surface area (Å²) in [4.78, 5) is 4.43. The number of thiazole rings is 1. The van der Waals surface area contributed by atoms with Crippen LogP contribution in [0.5, 0.6) is 0 Å². The summed E-state index contributed by atoms with van der Waals surface area (Å²) in [6.45, 7) is 0. The van der Waals surface area contributed by atoms with Crippen molar-refractivity contribution in [1.29, 1.82) is 5.26 Å². The van der Waals surface area contributed by atoms with E-state index in [1.54, 1.807) is 30.3 Å². The number of nitriles is 1. The van der Waals surface area contributed by atoms with Crippen LogP contribution in [0.2, 0.25) is 5.02 Å². The zero-order valence-electron chi connectivity index (χ0n) is 10.7. The van der Waals surface area contributed by atoms with Gasteiger partial charge in [0.15, 0.2) is 0 Å². The number of aromatic nitrogens is 1. The van der Waals surface area contributed by atoms with Crippen molar-refractivity contribution in [1.82, 2.24) is 4.98 Å². The van der Waals surface area contributed by atoms with Crippen molar-refractivity contribution in [2.75, 3.05) is 0 Å². The zero-order chi connectivity index (χ0) is 14.8. The van der Waals surface area contributed by atoms with E-state index in [0.29, 0.717) is 15.6 Å². The highest BCUT2D eigenvalue weighted by atomic mass is 35.5. The number of benzene rings is 2. The van der Waals surface area contributed by atoms with Gasteiger partial charge in [-0.15, -0.1) is 11.3 Å². The molecular formula is C16H8ClFN2S. The van der Waals surface area contributed by atoms with E-state index in [4.69, 9.17) is 11.6 Å². The summed E-state index contributed by atoms with van der Waals surface area (Å²) >= 11 is 7.36. The minimum absolute atomic E-state index is 0.305. The van der Waals surface area contributed by atoms with E-state index in [2.05, 4.69) is 11.1 Å². The highest BCUT2D eigenvalue weighted by molar-refractivity contribution is 7.19. The van der Waals surface area contributed by atoms with Gasteiger partial charge in [0.25, 0.3) is 0 Å². The third kappa shape index (κ3) is 2.94. The lowest BCUT2D eigenvalue weighted by atomic mass is 10.1. The fourth-order valence-corrected chi connectivity index (χ4v) is 2.96. The Morgan fingerprint density at radius 3 is 2.71 bits per heavy atom. The van der Waals surface area contributed by atoms with E-state index >= 15 is 0 Å². The van der Waals surface area contributed by atoms with Gasteiger partial charge in [-0.1, -0.05) is 23.7 Å². The van der Waals surface area contributed by atoms with Gasteiger partial charge in [0.05, 0.1) is 15.8 Å². The molecule has 0 spiro atoms. The molecule has 2 aromatic carbocycles. The van der Waals surface area contributed by atoms with E-state index in [9.17, 15) is 9.65 Å². The standard InChI is InChI=1S/C16H8ClFN2S/c17-12-3-6-15-14(8-12)20-16(21-15)11(9-19)7-10-1-4-13(18)5-2-10/h1-8H. The molecule has 3 rings (SSSR count). The highest BCUT2D eigenvalue weighted by Gasteiger charge is 2.09. The van der Waals surface area contributed by atoms with Crippen LogP contribution in [-0.2, 0) is 0 Å². The van der Waals surface area contributed by atoms with Crippen molar-refractivity contribution >= 4 is 44.8 Å². The number of rotatable bonds is 2. The summed E-state index contributed by atoms with van der Waals surface area (Å²) in [5.74, 6) is -0.305. The Bertz CT molecular complexity index is 875. The van der Waals surface area contributed by atoms with Gasteiger partial charge in [-0.2, -0.15) is 5.26 Å². The van der Waals surface area contributed by atoms with Crippen molar-refractivity contribution in [3.63, 3.8) is 0 Å². The van der Waals surface area contributed by atoms with Gasteiger partial charge in [0.2, 0.25) is 0 Å². The molecule has 1 heterocycles. The molecule has 0 bridgehead atoms. The molecular weight excluding hydrogens is 307 g/mol. The van der Waals surface area contributed by atoms with Gasteiger partial charge < -0.3 is 0 Å². The summed E-state index contributed by atoms with van der Waals surface area (Å²) in [5.41, 5.74) is 1.96. The quantitative estimate of drug-likeness (QED) is 0.613. The number of hydrogen-bond donors (Lipinski definition) is 0. The zero-order valence-corrected chi connectivity index (χ0v) is 12.2. The average molecular weight is 315 g/mol. The molecule has 102 valence electrons. The fraction of sp³-hybridized carbons (Fsp3) is 0. The minimum atomic E-state index is -0.305. The van der Waals surface area contributed by atoms with Gasteiger partial charge in [0.1, 0.15) is 16.9 Å². The molecule has 0 atom stereocenters. The normalized spacial score (nSPS) is 11.6. The van der Waals surface area contributed by atoms with Crippen molar-refractivity contribution in [2.45, 2.75) is 0 Å². The number of halogens is 2. The number of hydrogen-bond acceptors (Lipinski definition) is 3. The summed E-state index contributed by atoms with van der Waals surface area (Å²) < 4.78 is 13.9. The van der Waals surface area contributed by atoms with Crippen LogP contribution in [0.3, 0.4) is 0 Å². The van der Waals surface area contributed by atoms with Crippen LogP contribution in [0.1, 0.15) is 10.6 Å². The molecule has 2 nitrogen and oxygen atoms in total. The first-order chi connectivity index (χ1) is 10.2. The van der Waals surface area contributed by atoms with Crippen molar-refractivity contribution < 1.29 is 4.39 Å². The molecule has 0 fully saturated rings. The Morgan fingerprint density at radius 1 is 1.24 bits per heavy atom. The maximum Gasteiger partial charge on any atom is 0.135 e. The molecule has 5 heteroatoms. The predicted octanol–water partition coefficient (Wildman–Crippen LogP) is 5.15. The van der Waals surface area contributed by atoms with Crippen LogP contribution >= 0.6 is 22.9 Å². The molecule has 0 aliphatic heterocycles. The predicted molar refractivity (Wildman–Crippen MR) is 84.5 cm³/mol. The van der Waals surface area contributed by atoms with Crippen molar-refractivity contribution in [2.24, 2.45) is 0 Å². The molecule has 0 radical (unpaired) electrons. The first-order valence-electron chi connectivity index (χ1n) is 6.09. The Labute approximate surface area is 129 Å². The van der Waals surface area contributed by atoms with Gasteiger partial charge >= 0.3 is 0 Å². The van der Waals surface area contributed by atoms with E-state index in [-0.39, 0.29) is 5.82 Å². The maximum atomic E-state index is 12.9. The number of fused-ring (bicyclic) bond motifs is 1. The second kappa shape index (κ2) is 5.65. The lowest BCUT2D eigenvalue weighted by Gasteiger charge is -1.95. The monoisotopic (exact) mass is 314 g/mol. The van der Waals surface area contributed by atoms with Crippen LogP contribution in [-0.4, -0.2) is 4.98 Å². The smallest absolute Gasteiger partial charge is 0.135 e. The van der Waals surface area contributed by atoms with E-state index in [1.165, 1.54) is 23.5 Å².